The molecule has 3 aromatic rings. The Morgan fingerprint density at radius 3 is 2.86 bits per heavy atom. The number of hydrogen-bond donors (Lipinski definition) is 2. The number of carbonyl (C=O) groups excluding carboxylic acids is 1. The van der Waals surface area contributed by atoms with Gasteiger partial charge in [0.15, 0.2) is 0 Å². The van der Waals surface area contributed by atoms with Gasteiger partial charge in [-0.1, -0.05) is 0 Å². The lowest BCUT2D eigenvalue weighted by Crippen LogP contribution is -2.32. The van der Waals surface area contributed by atoms with Crippen molar-refractivity contribution in [2.24, 2.45) is 5.92 Å². The van der Waals surface area contributed by atoms with Crippen molar-refractivity contribution in [2.45, 2.75) is 6.42 Å². The van der Waals surface area contributed by atoms with Crippen LogP contribution in [0.5, 0.6) is 17.2 Å². The second-order valence-electron chi connectivity index (χ2n) is 8.45. The van der Waals surface area contributed by atoms with E-state index in [0.717, 1.165) is 11.3 Å². The molecular weight excluding hydrogens is 453 g/mol. The average molecular weight is 482 g/mol. The topological polar surface area (TPSA) is 112 Å². The summed E-state index contributed by atoms with van der Waals surface area (Å²) in [5, 5.41) is 2.82. The molecule has 0 unspecified atom stereocenters. The third kappa shape index (κ3) is 5.78. The molecule has 1 amide bonds. The van der Waals surface area contributed by atoms with Crippen LogP contribution in [0.4, 0.5) is 16.0 Å². The third-order valence-electron chi connectivity index (χ3n) is 5.62. The van der Waals surface area contributed by atoms with Gasteiger partial charge >= 0.3 is 0 Å². The molecule has 9 nitrogen and oxygen atoms in total. The Balaban J connectivity index is 1.58. The summed E-state index contributed by atoms with van der Waals surface area (Å²) in [6.45, 7) is 1.19. The number of rotatable bonds is 8. The van der Waals surface area contributed by atoms with E-state index in [0.29, 0.717) is 36.8 Å². The van der Waals surface area contributed by atoms with Crippen LogP contribution in [0.15, 0.2) is 42.6 Å². The van der Waals surface area contributed by atoms with Crippen molar-refractivity contribution in [1.29, 1.82) is 0 Å². The SMILES string of the molecule is COc1ccc2c(c1)C[C@H](C(=O)Nc1cc(F)c(-c3ccnc(N)n3)cc1OCCN(C)C)CO2. The number of halogens is 1. The standard InChI is InChI=1S/C25H28FN5O4/c1-31(2)8-9-34-23-12-18(20-6-7-28-25(27)30-20)19(26)13-21(23)29-24(32)16-10-15-11-17(33-3)4-5-22(15)35-14-16/h4-7,11-13,16H,8-10,14H2,1-3H3,(H,29,32)(H2,27,28,30)/t16-/m0/s1. The molecule has 35 heavy (non-hydrogen) atoms. The second-order valence-corrected chi connectivity index (χ2v) is 8.45. The van der Waals surface area contributed by atoms with Crippen molar-refractivity contribution in [2.75, 3.05) is 52.0 Å². The van der Waals surface area contributed by atoms with E-state index in [1.165, 1.54) is 18.3 Å². The molecule has 184 valence electrons. The molecule has 3 N–H and O–H groups in total. The normalized spacial score (nSPS) is 14.7. The van der Waals surface area contributed by atoms with E-state index in [9.17, 15) is 4.79 Å². The zero-order valence-corrected chi connectivity index (χ0v) is 19.9. The van der Waals surface area contributed by atoms with Crippen molar-refractivity contribution >= 4 is 17.5 Å². The summed E-state index contributed by atoms with van der Waals surface area (Å²) in [5.41, 5.74) is 7.29. The molecule has 10 heteroatoms. The Kier molecular flexibility index (Phi) is 7.31. The zero-order chi connectivity index (χ0) is 24.9. The van der Waals surface area contributed by atoms with Gasteiger partial charge in [0.2, 0.25) is 11.9 Å². The number of benzene rings is 2. The predicted octanol–water partition coefficient (Wildman–Crippen LogP) is 3.00. The number of anilines is 2. The lowest BCUT2D eigenvalue weighted by Gasteiger charge is -2.25. The number of ether oxygens (including phenoxy) is 3. The first-order valence-electron chi connectivity index (χ1n) is 11.1. The number of nitrogens with one attached hydrogen (secondary N) is 1. The third-order valence-corrected chi connectivity index (χ3v) is 5.62. The summed E-state index contributed by atoms with van der Waals surface area (Å²) in [6, 6.07) is 9.80. The molecule has 1 aliphatic heterocycles. The molecule has 2 aromatic carbocycles. The first-order chi connectivity index (χ1) is 16.8. The van der Waals surface area contributed by atoms with Gasteiger partial charge in [-0.25, -0.2) is 14.4 Å². The predicted molar refractivity (Wildman–Crippen MR) is 130 cm³/mol. The van der Waals surface area contributed by atoms with E-state index in [4.69, 9.17) is 19.9 Å². The Labute approximate surface area is 203 Å². The summed E-state index contributed by atoms with van der Waals surface area (Å²) >= 11 is 0. The molecule has 0 fully saturated rings. The summed E-state index contributed by atoms with van der Waals surface area (Å²) in [4.78, 5) is 23.0. The Morgan fingerprint density at radius 2 is 2.11 bits per heavy atom. The smallest absolute Gasteiger partial charge is 0.231 e. The Bertz CT molecular complexity index is 1220. The quantitative estimate of drug-likeness (QED) is 0.505. The van der Waals surface area contributed by atoms with Crippen LogP contribution in [0.25, 0.3) is 11.3 Å². The maximum atomic E-state index is 15.1. The lowest BCUT2D eigenvalue weighted by molar-refractivity contribution is -0.121. The number of methoxy groups -OCH3 is 1. The fourth-order valence-corrected chi connectivity index (χ4v) is 3.73. The van der Waals surface area contributed by atoms with Crippen molar-refractivity contribution in [3.05, 3.63) is 54.0 Å². The number of hydrogen-bond acceptors (Lipinski definition) is 8. The Hall–Kier alpha value is -3.92. The van der Waals surface area contributed by atoms with Gasteiger partial charge in [0.05, 0.1) is 24.4 Å². The van der Waals surface area contributed by atoms with Gasteiger partial charge in [-0.2, -0.15) is 0 Å². The zero-order valence-electron chi connectivity index (χ0n) is 19.9. The maximum Gasteiger partial charge on any atom is 0.231 e. The number of nitrogens with zero attached hydrogens (tertiary/aromatic N) is 3. The molecular formula is C25H28FN5O4. The number of aromatic nitrogens is 2. The average Bonchev–Trinajstić information content (AvgIpc) is 2.84. The molecule has 0 aliphatic carbocycles. The van der Waals surface area contributed by atoms with E-state index in [-0.39, 0.29) is 29.7 Å². The van der Waals surface area contributed by atoms with Crippen LogP contribution in [0.2, 0.25) is 0 Å². The minimum Gasteiger partial charge on any atom is -0.497 e. The van der Waals surface area contributed by atoms with Crippen molar-refractivity contribution < 1.29 is 23.4 Å². The van der Waals surface area contributed by atoms with Crippen LogP contribution in [0, 0.1) is 11.7 Å². The molecule has 0 spiro atoms. The van der Waals surface area contributed by atoms with Crippen LogP contribution in [0.1, 0.15) is 5.56 Å². The van der Waals surface area contributed by atoms with Crippen LogP contribution in [-0.4, -0.2) is 61.7 Å². The summed E-state index contributed by atoms with van der Waals surface area (Å²) in [5.74, 6) is 0.433. The Morgan fingerprint density at radius 1 is 1.29 bits per heavy atom. The monoisotopic (exact) mass is 481 g/mol. The highest BCUT2D eigenvalue weighted by Crippen LogP contribution is 2.35. The highest BCUT2D eigenvalue weighted by atomic mass is 19.1. The molecule has 1 aliphatic rings. The van der Waals surface area contributed by atoms with Crippen LogP contribution in [0.3, 0.4) is 0 Å². The maximum absolute atomic E-state index is 15.1. The van der Waals surface area contributed by atoms with Crippen LogP contribution in [-0.2, 0) is 11.2 Å². The number of nitrogens with two attached hydrogens (primary N) is 1. The largest absolute Gasteiger partial charge is 0.497 e. The second kappa shape index (κ2) is 10.6. The number of likely N-dealkylation sites (N-methyl/N-ethyl adjacent to an activating group) is 1. The van der Waals surface area contributed by atoms with Gasteiger partial charge in [-0.05, 0) is 56.4 Å². The number of carbonyl (C=O) groups is 1. The van der Waals surface area contributed by atoms with Crippen LogP contribution >= 0.6 is 0 Å². The van der Waals surface area contributed by atoms with Crippen LogP contribution < -0.4 is 25.3 Å². The first-order valence-corrected chi connectivity index (χ1v) is 11.1. The lowest BCUT2D eigenvalue weighted by atomic mass is 9.95. The van der Waals surface area contributed by atoms with E-state index in [1.807, 2.05) is 37.2 Å². The van der Waals surface area contributed by atoms with Gasteiger partial charge in [-0.3, -0.25) is 4.79 Å². The molecule has 0 saturated carbocycles. The molecule has 0 bridgehead atoms. The fourth-order valence-electron chi connectivity index (χ4n) is 3.73. The molecule has 0 saturated heterocycles. The highest BCUT2D eigenvalue weighted by molar-refractivity contribution is 5.95. The number of nitrogen functional groups attached to an aromatic ring is 1. The highest BCUT2D eigenvalue weighted by Gasteiger charge is 2.27. The van der Waals surface area contributed by atoms with Gasteiger partial charge in [0.1, 0.15) is 36.3 Å². The molecule has 0 radical (unpaired) electrons. The molecule has 2 heterocycles. The number of fused-ring (bicyclic) bond motifs is 1. The van der Waals surface area contributed by atoms with Gasteiger partial charge in [0, 0.05) is 24.4 Å². The summed E-state index contributed by atoms with van der Waals surface area (Å²) in [7, 11) is 5.42. The minimum absolute atomic E-state index is 0.0311. The fraction of sp³-hybridized carbons (Fsp3) is 0.320. The van der Waals surface area contributed by atoms with Crippen molar-refractivity contribution in [3.8, 4) is 28.5 Å². The minimum atomic E-state index is -0.576. The van der Waals surface area contributed by atoms with E-state index in [2.05, 4.69) is 15.3 Å². The van der Waals surface area contributed by atoms with E-state index in [1.54, 1.807) is 13.2 Å². The number of amides is 1. The van der Waals surface area contributed by atoms with Crippen molar-refractivity contribution in [1.82, 2.24) is 14.9 Å². The van der Waals surface area contributed by atoms with E-state index < -0.39 is 11.7 Å². The molecule has 1 aromatic heterocycles. The van der Waals surface area contributed by atoms with E-state index >= 15 is 4.39 Å². The first kappa shape index (κ1) is 24.2. The van der Waals surface area contributed by atoms with Gasteiger partial charge in [-0.15, -0.1) is 0 Å². The summed E-state index contributed by atoms with van der Waals surface area (Å²) in [6.07, 6.45) is 1.92. The molecule has 4 rings (SSSR count). The summed E-state index contributed by atoms with van der Waals surface area (Å²) < 4.78 is 32.1. The molecule has 1 atom stereocenters. The van der Waals surface area contributed by atoms with Crippen molar-refractivity contribution in [3.63, 3.8) is 0 Å². The van der Waals surface area contributed by atoms with Gasteiger partial charge in [0.25, 0.3) is 0 Å². The van der Waals surface area contributed by atoms with Gasteiger partial charge < -0.3 is 30.2 Å².